The molecule has 2 aromatic rings. The monoisotopic (exact) mass is 531 g/mol. The van der Waals surface area contributed by atoms with Crippen molar-refractivity contribution in [2.75, 3.05) is 18.4 Å². The molecule has 0 radical (unpaired) electrons. The Morgan fingerprint density at radius 3 is 2.47 bits per heavy atom. The second kappa shape index (κ2) is 9.32. The predicted molar refractivity (Wildman–Crippen MR) is 132 cm³/mol. The minimum Gasteiger partial charge on any atom is -0.504 e. The lowest BCUT2D eigenvalue weighted by Gasteiger charge is -2.26. The lowest BCUT2D eigenvalue weighted by molar-refractivity contribution is 0.284. The van der Waals surface area contributed by atoms with E-state index >= 15 is 0 Å². The Labute approximate surface area is 203 Å². The molecule has 2 aromatic heterocycles. The van der Waals surface area contributed by atoms with Gasteiger partial charge in [0.05, 0.1) is 5.69 Å². The van der Waals surface area contributed by atoms with E-state index in [1.54, 1.807) is 32.9 Å². The number of anilines is 1. The largest absolute Gasteiger partial charge is 0.504 e. The summed E-state index contributed by atoms with van der Waals surface area (Å²) in [7, 11) is -7.99. The molecule has 11 nitrogen and oxygen atoms in total. The van der Waals surface area contributed by atoms with Crippen molar-refractivity contribution >= 4 is 48.9 Å². The van der Waals surface area contributed by atoms with E-state index in [-0.39, 0.29) is 34.7 Å². The Bertz CT molecular complexity index is 1330. The summed E-state index contributed by atoms with van der Waals surface area (Å²) in [6, 6.07) is 3.01. The number of rotatable bonds is 7. The zero-order valence-electron chi connectivity index (χ0n) is 19.8. The van der Waals surface area contributed by atoms with Gasteiger partial charge in [-0.2, -0.15) is 12.7 Å². The highest BCUT2D eigenvalue weighted by Crippen LogP contribution is 2.40. The van der Waals surface area contributed by atoms with E-state index < -0.39 is 37.4 Å². The van der Waals surface area contributed by atoms with Gasteiger partial charge >= 0.3 is 10.2 Å². The summed E-state index contributed by atoms with van der Waals surface area (Å²) in [5, 5.41) is 14.7. The summed E-state index contributed by atoms with van der Waals surface area (Å²) in [5.41, 5.74) is -0.436. The van der Waals surface area contributed by atoms with Crippen LogP contribution in [0.3, 0.4) is 0 Å². The number of nitrogens with zero attached hydrogens (tertiary/aromatic N) is 3. The van der Waals surface area contributed by atoms with Crippen LogP contribution in [0.1, 0.15) is 52.2 Å². The van der Waals surface area contributed by atoms with Gasteiger partial charge in [0.2, 0.25) is 0 Å². The van der Waals surface area contributed by atoms with Crippen molar-refractivity contribution in [1.29, 1.82) is 0 Å². The number of nitrogens with one attached hydrogen (secondary N) is 2. The maximum Gasteiger partial charge on any atom is 0.345 e. The quantitative estimate of drug-likeness (QED) is 0.496. The molecule has 0 aliphatic carbocycles. The second-order valence-corrected chi connectivity index (χ2v) is 13.1. The first-order valence-corrected chi connectivity index (χ1v) is 14.3. The number of amidine groups is 2. The molecular weight excluding hydrogens is 502 g/mol. The van der Waals surface area contributed by atoms with Gasteiger partial charge < -0.3 is 14.8 Å². The van der Waals surface area contributed by atoms with Crippen LogP contribution in [-0.2, 0) is 20.2 Å². The van der Waals surface area contributed by atoms with E-state index in [2.05, 4.69) is 19.4 Å². The molecule has 3 heterocycles. The normalized spacial score (nSPS) is 18.2. The van der Waals surface area contributed by atoms with Gasteiger partial charge in [0.25, 0.3) is 10.0 Å². The number of thiophene rings is 1. The van der Waals surface area contributed by atoms with Gasteiger partial charge in [0.15, 0.2) is 21.6 Å². The number of sulfonamides is 1. The standard InChI is InChI=1S/C20H29N5O6S3/c1-7-25(8-2)33(27,28)19-15(26)13(11-32-19)21-17-18(24-34(29,30)23-17)22-16(20(4,5)6)14-10-9-12(3)31-14/h9-11,16,26H,7-8H2,1-6H3,(H,21,23)(H,22,24)/t16-/m0/s1. The summed E-state index contributed by atoms with van der Waals surface area (Å²) in [6.07, 6.45) is 0. The average molecular weight is 532 g/mol. The molecule has 1 atom stereocenters. The van der Waals surface area contributed by atoms with Crippen molar-refractivity contribution in [2.24, 2.45) is 14.8 Å². The molecule has 0 saturated heterocycles. The maximum atomic E-state index is 12.8. The van der Waals surface area contributed by atoms with Crippen molar-refractivity contribution in [1.82, 2.24) is 9.03 Å². The zero-order chi connectivity index (χ0) is 25.5. The van der Waals surface area contributed by atoms with Crippen LogP contribution in [0.2, 0.25) is 0 Å². The summed E-state index contributed by atoms with van der Waals surface area (Å²) in [5.74, 6) is 0.477. The van der Waals surface area contributed by atoms with E-state index in [0.29, 0.717) is 11.5 Å². The SMILES string of the molecule is CCN(CC)S(=O)(=O)c1scc(NC2=NS(=O)(=O)NC2=N[C@@H](c2ccc(C)o2)C(C)(C)C)c1O. The molecule has 0 unspecified atom stereocenters. The molecule has 3 rings (SSSR count). The molecule has 0 saturated carbocycles. The first-order chi connectivity index (χ1) is 15.7. The maximum absolute atomic E-state index is 12.8. The highest BCUT2D eigenvalue weighted by atomic mass is 32.2. The third kappa shape index (κ3) is 5.29. The molecule has 0 aromatic carbocycles. The van der Waals surface area contributed by atoms with Gasteiger partial charge in [-0.15, -0.1) is 15.7 Å². The number of aliphatic imine (C=N–C) groups is 1. The lowest BCUT2D eigenvalue weighted by atomic mass is 9.85. The molecular formula is C20H29N5O6S3. The fourth-order valence-corrected chi connectivity index (χ4v) is 7.00. The Kier molecular flexibility index (Phi) is 7.18. The molecule has 14 heteroatoms. The fourth-order valence-electron chi connectivity index (χ4n) is 3.35. The molecule has 188 valence electrons. The number of furan rings is 1. The number of hydrogen-bond acceptors (Lipinski definition) is 9. The van der Waals surface area contributed by atoms with Crippen LogP contribution < -0.4 is 10.0 Å². The van der Waals surface area contributed by atoms with Crippen molar-refractivity contribution < 1.29 is 26.4 Å². The summed E-state index contributed by atoms with van der Waals surface area (Å²) < 4.78 is 62.7. The molecule has 3 N–H and O–H groups in total. The van der Waals surface area contributed by atoms with E-state index in [1.807, 2.05) is 20.8 Å². The molecule has 0 amide bonds. The Morgan fingerprint density at radius 2 is 1.94 bits per heavy atom. The van der Waals surface area contributed by atoms with Crippen LogP contribution in [-0.4, -0.2) is 51.0 Å². The Balaban J connectivity index is 2.00. The van der Waals surface area contributed by atoms with E-state index in [1.165, 1.54) is 9.69 Å². The highest BCUT2D eigenvalue weighted by Gasteiger charge is 2.35. The minimum atomic E-state index is -4.08. The number of hydrogen-bond donors (Lipinski definition) is 3. The van der Waals surface area contributed by atoms with Crippen molar-refractivity contribution in [3.63, 3.8) is 0 Å². The Morgan fingerprint density at radius 1 is 1.29 bits per heavy atom. The molecule has 1 aliphatic heterocycles. The number of aromatic hydroxyl groups is 1. The highest BCUT2D eigenvalue weighted by molar-refractivity contribution is 7.91. The van der Waals surface area contributed by atoms with Crippen LogP contribution in [0.15, 0.2) is 35.5 Å². The minimum absolute atomic E-state index is 0.00207. The van der Waals surface area contributed by atoms with E-state index in [9.17, 15) is 21.9 Å². The van der Waals surface area contributed by atoms with Crippen LogP contribution >= 0.6 is 11.3 Å². The third-order valence-electron chi connectivity index (χ3n) is 5.04. The van der Waals surface area contributed by atoms with Crippen LogP contribution in [0, 0.1) is 12.3 Å². The second-order valence-electron chi connectivity index (χ2n) is 8.71. The van der Waals surface area contributed by atoms with Crippen molar-refractivity contribution in [3.05, 3.63) is 29.0 Å². The van der Waals surface area contributed by atoms with Gasteiger partial charge in [0.1, 0.15) is 17.6 Å². The van der Waals surface area contributed by atoms with Gasteiger partial charge in [-0.05, 0) is 24.5 Å². The van der Waals surface area contributed by atoms with Gasteiger partial charge in [0, 0.05) is 18.5 Å². The molecule has 0 fully saturated rings. The van der Waals surface area contributed by atoms with Gasteiger partial charge in [-0.1, -0.05) is 34.6 Å². The average Bonchev–Trinajstić information content (AvgIpc) is 3.37. The van der Waals surface area contributed by atoms with Crippen molar-refractivity contribution in [3.8, 4) is 5.75 Å². The summed E-state index contributed by atoms with van der Waals surface area (Å²) in [4.78, 5) is 4.58. The summed E-state index contributed by atoms with van der Waals surface area (Å²) in [6.45, 7) is 11.5. The first kappa shape index (κ1) is 26.2. The Hall–Kier alpha value is -2.42. The number of aryl methyl sites for hydroxylation is 1. The smallest absolute Gasteiger partial charge is 0.345 e. The van der Waals surface area contributed by atoms with Crippen LogP contribution in [0.5, 0.6) is 5.75 Å². The zero-order valence-corrected chi connectivity index (χ0v) is 22.2. The fraction of sp³-hybridized carbons (Fsp3) is 0.500. The van der Waals surface area contributed by atoms with E-state index in [4.69, 9.17) is 4.42 Å². The molecule has 0 spiro atoms. The van der Waals surface area contributed by atoms with E-state index in [0.717, 1.165) is 11.3 Å². The summed E-state index contributed by atoms with van der Waals surface area (Å²) >= 11 is 0.823. The van der Waals surface area contributed by atoms with Gasteiger partial charge in [-0.3, -0.25) is 4.99 Å². The molecule has 34 heavy (non-hydrogen) atoms. The third-order valence-corrected chi connectivity index (χ3v) is 9.45. The molecule has 1 aliphatic rings. The first-order valence-electron chi connectivity index (χ1n) is 10.5. The van der Waals surface area contributed by atoms with Crippen molar-refractivity contribution in [2.45, 2.75) is 51.8 Å². The topological polar surface area (TPSA) is 154 Å². The van der Waals surface area contributed by atoms with Crippen LogP contribution in [0.4, 0.5) is 5.69 Å². The van der Waals surface area contributed by atoms with Gasteiger partial charge in [-0.25, -0.2) is 13.1 Å². The predicted octanol–water partition coefficient (Wildman–Crippen LogP) is 3.23. The molecule has 0 bridgehead atoms. The van der Waals surface area contributed by atoms with Crippen LogP contribution in [0.25, 0.3) is 0 Å². The lowest BCUT2D eigenvalue weighted by Crippen LogP contribution is -2.32.